The van der Waals surface area contributed by atoms with Crippen LogP contribution in [0.3, 0.4) is 0 Å². The maximum absolute atomic E-state index is 11.8. The third kappa shape index (κ3) is 1.95. The summed E-state index contributed by atoms with van der Waals surface area (Å²) >= 11 is 0. The molecule has 1 aromatic heterocycles. The molecule has 2 rings (SSSR count). The molecule has 0 saturated heterocycles. The topological polar surface area (TPSA) is 89.4 Å². The number of hydrogen-bond acceptors (Lipinski definition) is 5. The van der Waals surface area contributed by atoms with Gasteiger partial charge in [-0.3, -0.25) is 4.79 Å². The summed E-state index contributed by atoms with van der Waals surface area (Å²) in [7, 11) is 1.17. The first-order chi connectivity index (χ1) is 8.65. The van der Waals surface area contributed by atoms with Gasteiger partial charge in [0.25, 0.3) is 5.43 Å². The van der Waals surface area contributed by atoms with Crippen LogP contribution in [0.2, 0.25) is 0 Å². The summed E-state index contributed by atoms with van der Waals surface area (Å²) in [6.07, 6.45) is 0. The fourth-order valence-corrected chi connectivity index (χ4v) is 1.54. The van der Waals surface area contributed by atoms with E-state index in [0.29, 0.717) is 5.56 Å². The standard InChI is InChI=1S/C12H9NO5/c1-17-11(15)9-8(7-5-3-2-4-6-7)10(14)12(16)18-13-9/h2-6,13H,1H3. The van der Waals surface area contributed by atoms with Gasteiger partial charge in [0.2, 0.25) is 0 Å². The molecule has 1 heterocycles. The maximum atomic E-state index is 11.8. The second-order valence-corrected chi connectivity index (χ2v) is 3.43. The molecule has 6 heteroatoms. The predicted octanol–water partition coefficient (Wildman–Crippen LogP) is 0.782. The number of H-pyrrole nitrogens is 1. The highest BCUT2D eigenvalue weighted by Crippen LogP contribution is 2.17. The van der Waals surface area contributed by atoms with Crippen LogP contribution in [0.5, 0.6) is 0 Å². The van der Waals surface area contributed by atoms with Crippen LogP contribution in [0.4, 0.5) is 0 Å². The molecule has 0 bridgehead atoms. The summed E-state index contributed by atoms with van der Waals surface area (Å²) in [5.41, 5.74) is -1.76. The van der Waals surface area contributed by atoms with E-state index in [1.54, 1.807) is 30.3 Å². The highest BCUT2D eigenvalue weighted by atomic mass is 16.5. The summed E-state index contributed by atoms with van der Waals surface area (Å²) in [5, 5.41) is 2.13. The number of methoxy groups -OCH3 is 1. The molecule has 92 valence electrons. The number of carbonyl (C=O) groups excluding carboxylic acids is 1. The monoisotopic (exact) mass is 247 g/mol. The Kier molecular flexibility index (Phi) is 3.09. The van der Waals surface area contributed by atoms with Gasteiger partial charge in [0, 0.05) is 0 Å². The first-order valence-electron chi connectivity index (χ1n) is 5.04. The van der Waals surface area contributed by atoms with E-state index in [0.717, 1.165) is 0 Å². The van der Waals surface area contributed by atoms with Gasteiger partial charge in [-0.2, -0.15) is 0 Å². The Bertz CT molecular complexity index is 684. The van der Waals surface area contributed by atoms with Crippen molar-refractivity contribution in [2.45, 2.75) is 0 Å². The van der Waals surface area contributed by atoms with Gasteiger partial charge in [-0.15, -0.1) is 0 Å². The molecule has 0 fully saturated rings. The number of benzene rings is 1. The van der Waals surface area contributed by atoms with Crippen molar-refractivity contribution in [3.05, 3.63) is 56.7 Å². The molecule has 18 heavy (non-hydrogen) atoms. The van der Waals surface area contributed by atoms with E-state index in [9.17, 15) is 14.4 Å². The van der Waals surface area contributed by atoms with E-state index < -0.39 is 17.0 Å². The molecule has 2 aromatic rings. The minimum absolute atomic E-state index is 0.0568. The summed E-state index contributed by atoms with van der Waals surface area (Å²) in [6, 6.07) is 8.34. The number of hydrogen-bond donors (Lipinski definition) is 1. The first kappa shape index (κ1) is 11.8. The Morgan fingerprint density at radius 1 is 1.22 bits per heavy atom. The predicted molar refractivity (Wildman–Crippen MR) is 62.4 cm³/mol. The Morgan fingerprint density at radius 3 is 2.50 bits per heavy atom. The fourth-order valence-electron chi connectivity index (χ4n) is 1.54. The number of carbonyl (C=O) groups is 1. The molecule has 0 saturated carbocycles. The second-order valence-electron chi connectivity index (χ2n) is 3.43. The molecule has 0 spiro atoms. The number of nitrogens with one attached hydrogen (secondary N) is 1. The van der Waals surface area contributed by atoms with Crippen LogP contribution in [-0.4, -0.2) is 18.2 Å². The van der Waals surface area contributed by atoms with Gasteiger partial charge in [0.15, 0.2) is 5.69 Å². The summed E-state index contributed by atoms with van der Waals surface area (Å²) in [6.45, 7) is 0. The van der Waals surface area contributed by atoms with Gasteiger partial charge in [-0.05, 0) is 5.56 Å². The fraction of sp³-hybridized carbons (Fsp3) is 0.0833. The van der Waals surface area contributed by atoms with Crippen molar-refractivity contribution in [1.29, 1.82) is 0 Å². The van der Waals surface area contributed by atoms with Crippen LogP contribution in [-0.2, 0) is 4.74 Å². The van der Waals surface area contributed by atoms with Gasteiger partial charge >= 0.3 is 11.6 Å². The van der Waals surface area contributed by atoms with Crippen molar-refractivity contribution in [3.8, 4) is 11.1 Å². The highest BCUT2D eigenvalue weighted by Gasteiger charge is 2.20. The lowest BCUT2D eigenvalue weighted by Crippen LogP contribution is -2.28. The number of aromatic amines is 1. The van der Waals surface area contributed by atoms with Crippen molar-refractivity contribution in [1.82, 2.24) is 5.16 Å². The zero-order valence-electron chi connectivity index (χ0n) is 9.43. The largest absolute Gasteiger partial charge is 0.464 e. The lowest BCUT2D eigenvalue weighted by atomic mass is 10.0. The van der Waals surface area contributed by atoms with Crippen molar-refractivity contribution in [2.75, 3.05) is 7.11 Å². The summed E-state index contributed by atoms with van der Waals surface area (Å²) < 4.78 is 8.90. The van der Waals surface area contributed by atoms with Crippen molar-refractivity contribution in [2.24, 2.45) is 0 Å². The van der Waals surface area contributed by atoms with Crippen LogP contribution in [0.15, 0.2) is 44.4 Å². The van der Waals surface area contributed by atoms with Gasteiger partial charge in [-0.25, -0.2) is 14.7 Å². The molecule has 0 aliphatic heterocycles. The van der Waals surface area contributed by atoms with Crippen molar-refractivity contribution < 1.29 is 14.1 Å². The molecule has 0 atom stereocenters. The van der Waals surface area contributed by atoms with Crippen molar-refractivity contribution in [3.63, 3.8) is 0 Å². The lowest BCUT2D eigenvalue weighted by molar-refractivity contribution is 0.0584. The minimum Gasteiger partial charge on any atom is -0.464 e. The Balaban J connectivity index is 2.79. The average Bonchev–Trinajstić information content (AvgIpc) is 2.41. The summed E-state index contributed by atoms with van der Waals surface area (Å²) in [4.78, 5) is 34.5. The maximum Gasteiger partial charge on any atom is 0.403 e. The molecular weight excluding hydrogens is 238 g/mol. The smallest absolute Gasteiger partial charge is 0.403 e. The van der Waals surface area contributed by atoms with Crippen LogP contribution in [0.25, 0.3) is 11.1 Å². The molecule has 0 radical (unpaired) electrons. The van der Waals surface area contributed by atoms with E-state index in [-0.39, 0.29) is 11.3 Å². The van der Waals surface area contributed by atoms with E-state index >= 15 is 0 Å². The highest BCUT2D eigenvalue weighted by molar-refractivity contribution is 5.94. The van der Waals surface area contributed by atoms with Crippen LogP contribution < -0.4 is 11.1 Å². The van der Waals surface area contributed by atoms with E-state index in [1.165, 1.54) is 7.11 Å². The lowest BCUT2D eigenvalue weighted by Gasteiger charge is -2.05. The third-order valence-corrected chi connectivity index (χ3v) is 2.36. The van der Waals surface area contributed by atoms with Gasteiger partial charge in [0.05, 0.1) is 12.7 Å². The van der Waals surface area contributed by atoms with Crippen LogP contribution in [0, 0.1) is 0 Å². The van der Waals surface area contributed by atoms with Crippen LogP contribution in [0.1, 0.15) is 10.5 Å². The molecule has 0 aliphatic rings. The zero-order chi connectivity index (χ0) is 13.1. The molecule has 0 unspecified atom stereocenters. The summed E-state index contributed by atoms with van der Waals surface area (Å²) in [5.74, 6) is -0.783. The van der Waals surface area contributed by atoms with Gasteiger partial charge in [0.1, 0.15) is 0 Å². The molecule has 1 aromatic carbocycles. The molecule has 6 nitrogen and oxygen atoms in total. The Hall–Kier alpha value is -2.63. The van der Waals surface area contributed by atoms with Gasteiger partial charge < -0.3 is 9.26 Å². The van der Waals surface area contributed by atoms with E-state index in [1.807, 2.05) is 0 Å². The van der Waals surface area contributed by atoms with Gasteiger partial charge in [-0.1, -0.05) is 30.3 Å². The minimum atomic E-state index is -1.07. The molecular formula is C12H9NO5. The van der Waals surface area contributed by atoms with E-state index in [4.69, 9.17) is 0 Å². The second kappa shape index (κ2) is 4.70. The Labute approximate surface area is 101 Å². The number of rotatable bonds is 2. The van der Waals surface area contributed by atoms with Crippen LogP contribution >= 0.6 is 0 Å². The quantitative estimate of drug-likeness (QED) is 0.625. The zero-order valence-corrected chi connectivity index (χ0v) is 9.43. The normalized spacial score (nSPS) is 10.1. The molecule has 1 N–H and O–H groups in total. The molecule has 0 amide bonds. The van der Waals surface area contributed by atoms with Crippen molar-refractivity contribution >= 4 is 5.97 Å². The third-order valence-electron chi connectivity index (χ3n) is 2.36. The first-order valence-corrected chi connectivity index (χ1v) is 5.04. The number of aromatic nitrogens is 1. The van der Waals surface area contributed by atoms with E-state index in [2.05, 4.69) is 14.4 Å². The number of esters is 1. The number of ether oxygens (including phenoxy) is 1. The SMILES string of the molecule is COC(=O)c1[nH]oc(=O)c(=O)c1-c1ccccc1. The average molecular weight is 247 g/mol. The Morgan fingerprint density at radius 2 is 1.89 bits per heavy atom. The molecule has 0 aliphatic carbocycles.